The van der Waals surface area contributed by atoms with Crippen molar-refractivity contribution in [3.8, 4) is 68.3 Å². The molecule has 0 aliphatic heterocycles. The van der Waals surface area contributed by atoms with E-state index in [0.29, 0.717) is 34.9 Å². The Morgan fingerprint density at radius 2 is 0.220 bits per heavy atom. The summed E-state index contributed by atoms with van der Waals surface area (Å²) >= 11 is 0. The van der Waals surface area contributed by atoms with Crippen LogP contribution in [0.2, 0.25) is 0 Å². The second kappa shape index (κ2) is 32.9. The number of hydrogen-bond donors (Lipinski definition) is 0. The zero-order chi connectivity index (χ0) is 79.0. The molecular weight excluding hydrogens is 1490 g/mol. The van der Waals surface area contributed by atoms with Crippen LogP contribution in [0.4, 0.5) is 0 Å². The third-order valence-electron chi connectivity index (χ3n) is 23.4. The molecule has 0 bridgehead atoms. The number of aromatic nitrogens is 6. The third kappa shape index (κ3) is 13.5. The smallest absolute Gasteiger partial charge is 0.179 e. The highest BCUT2D eigenvalue weighted by Gasteiger charge is 2.46. The second-order valence-electron chi connectivity index (χ2n) is 29.9. The topological polar surface area (TPSA) is 77.3 Å². The number of hydrogen-bond acceptors (Lipinski definition) is 6. The lowest BCUT2D eigenvalue weighted by molar-refractivity contribution is 1.07. The van der Waals surface area contributed by atoms with Gasteiger partial charge in [-0.2, -0.15) is 0 Å². The zero-order valence-electron chi connectivity index (χ0n) is 64.9. The van der Waals surface area contributed by atoms with E-state index in [4.69, 9.17) is 29.9 Å². The van der Waals surface area contributed by atoms with Crippen LogP contribution in [-0.4, -0.2) is 62.2 Å². The summed E-state index contributed by atoms with van der Waals surface area (Å²) in [5.74, 6) is 3.27. The van der Waals surface area contributed by atoms with Crippen molar-refractivity contribution in [3.05, 3.63) is 485 Å². The van der Waals surface area contributed by atoms with Gasteiger partial charge < -0.3 is 0 Å². The molecule has 2 aromatic heterocycles. The van der Waals surface area contributed by atoms with Gasteiger partial charge in [0.05, 0.1) is 0 Å². The molecule has 0 unspecified atom stereocenters. The van der Waals surface area contributed by atoms with E-state index < -0.39 is 32.3 Å². The van der Waals surface area contributed by atoms with E-state index >= 15 is 0 Å². The van der Waals surface area contributed by atoms with Crippen molar-refractivity contribution in [1.29, 1.82) is 0 Å². The summed E-state index contributed by atoms with van der Waals surface area (Å²) in [5.41, 5.74) is 5.10. The maximum atomic E-state index is 5.66. The fourth-order valence-corrected chi connectivity index (χ4v) is 37.3. The van der Waals surface area contributed by atoms with Gasteiger partial charge in [-0.15, -0.1) is 0 Å². The molecule has 0 spiro atoms. The van der Waals surface area contributed by atoms with Gasteiger partial charge in [-0.25, -0.2) is 29.9 Å². The third-order valence-corrected chi connectivity index (χ3v) is 42.5. The summed E-state index contributed by atoms with van der Waals surface area (Å²) in [6, 6.07) is 177. The molecule has 2 heterocycles. The van der Waals surface area contributed by atoms with Crippen LogP contribution < -0.4 is 83.0 Å². The molecule has 0 N–H and O–H groups in total. The molecule has 0 aliphatic carbocycles. The maximum absolute atomic E-state index is 5.66. The fraction of sp³-hybridized carbons (Fsp3) is 0. The Kier molecular flexibility index (Phi) is 20.5. The largest absolute Gasteiger partial charge is 0.208 e. The van der Waals surface area contributed by atoms with Crippen molar-refractivity contribution in [2.75, 3.05) is 0 Å². The molecule has 19 aromatic rings. The molecule has 0 saturated carbocycles. The number of nitrogens with zero attached hydrogens (tertiary/aromatic N) is 6. The molecule has 19 rings (SSSR count). The molecule has 558 valence electrons. The summed E-state index contributed by atoms with van der Waals surface area (Å²) in [6.45, 7) is 0. The first-order chi connectivity index (χ1) is 58.5. The van der Waals surface area contributed by atoms with E-state index in [9.17, 15) is 0 Å². The predicted octanol–water partition coefficient (Wildman–Crippen LogP) is 13.6. The highest BCUT2D eigenvalue weighted by atomic mass is 28.3. The monoisotopic (exact) mass is 1570 g/mol. The lowest BCUT2D eigenvalue weighted by Crippen LogP contribution is -2.74. The van der Waals surface area contributed by atoms with Gasteiger partial charge in [0.2, 0.25) is 0 Å². The van der Waals surface area contributed by atoms with E-state index in [2.05, 4.69) is 485 Å². The van der Waals surface area contributed by atoms with Crippen LogP contribution in [0.15, 0.2) is 485 Å². The van der Waals surface area contributed by atoms with E-state index in [0.717, 1.165) is 33.4 Å². The van der Waals surface area contributed by atoms with Crippen LogP contribution in [-0.2, 0) is 0 Å². The predicted molar refractivity (Wildman–Crippen MR) is 500 cm³/mol. The minimum atomic E-state index is -3.02. The molecular formula is C108H80N6Si4. The van der Waals surface area contributed by atoms with Gasteiger partial charge in [0, 0.05) is 33.4 Å². The molecule has 10 heteroatoms. The molecule has 0 aliphatic rings. The molecule has 0 saturated heterocycles. The Morgan fingerprint density at radius 3 is 0.356 bits per heavy atom. The van der Waals surface area contributed by atoms with E-state index in [1.165, 1.54) is 83.0 Å². The number of rotatable bonds is 22. The Labute approximate surface area is 693 Å². The van der Waals surface area contributed by atoms with Gasteiger partial charge in [0.25, 0.3) is 0 Å². The lowest BCUT2D eigenvalue weighted by atomic mass is 10.1. The normalized spacial score (nSPS) is 11.7. The van der Waals surface area contributed by atoms with E-state index in [1.54, 1.807) is 0 Å². The lowest BCUT2D eigenvalue weighted by Gasteiger charge is -2.34. The molecule has 0 atom stereocenters. The minimum absolute atomic E-state index is 0.522. The second-order valence-corrected chi connectivity index (χ2v) is 45.1. The van der Waals surface area contributed by atoms with Crippen molar-refractivity contribution < 1.29 is 0 Å². The summed E-state index contributed by atoms with van der Waals surface area (Å²) in [6.07, 6.45) is 0. The molecule has 0 amide bonds. The summed E-state index contributed by atoms with van der Waals surface area (Å²) in [4.78, 5) is 33.8. The van der Waals surface area contributed by atoms with Crippen molar-refractivity contribution in [1.82, 2.24) is 29.9 Å². The van der Waals surface area contributed by atoms with Gasteiger partial charge in [0.1, 0.15) is 0 Å². The zero-order valence-corrected chi connectivity index (χ0v) is 68.9. The van der Waals surface area contributed by atoms with Crippen LogP contribution in [0.5, 0.6) is 0 Å². The molecule has 0 radical (unpaired) electrons. The van der Waals surface area contributed by atoms with Crippen LogP contribution in [0.1, 0.15) is 0 Å². The average Bonchev–Trinajstić information content (AvgIpc) is 0.746. The van der Waals surface area contributed by atoms with Gasteiger partial charge in [-0.05, 0) is 83.0 Å². The first kappa shape index (κ1) is 73.8. The minimum Gasteiger partial charge on any atom is -0.208 e. The first-order valence-corrected chi connectivity index (χ1v) is 48.2. The SMILES string of the molecule is c1ccc([Si](c2ccccc2)(c2ccccc2)c2cccc(-c3nc(-c4ccc(-c5nc(-c6cccc([Si](c7ccccc7)(c7ccccc7)c7ccccc7)c6)nc(-c6cccc([Si](c7ccccc7)(c7ccccc7)c7ccccc7)c6)n5)cc4)nc(-c4cccc([Si](c5ccccc5)(c5ccccc5)c5ccccc5)c4)n3)c2)cc1. The van der Waals surface area contributed by atoms with Crippen molar-refractivity contribution in [2.24, 2.45) is 0 Å². The van der Waals surface area contributed by atoms with Crippen LogP contribution in [0.3, 0.4) is 0 Å². The first-order valence-electron chi connectivity index (χ1n) is 40.2. The van der Waals surface area contributed by atoms with E-state index in [-0.39, 0.29) is 0 Å². The van der Waals surface area contributed by atoms with Crippen LogP contribution >= 0.6 is 0 Å². The standard InChI is InChI=1S/C108H80N6Si4/c1-13-45-87(46-14-1)115(88-47-15-2-16-48-88,89-49-17-3-18-50-89)99-69-37-41-83(77-99)105-109-103(110-106(113-105)84-42-38-70-100(78-84)116(90-51-19-4-20-52-90,91-53-21-5-22-54-91)92-55-23-6-24-56-92)81-73-75-82(76-74-81)104-111-107(85-43-39-71-101(79-85)117(93-57-25-7-26-58-93,94-59-27-8-28-60-94)95-61-29-9-30-62-95)114-108(112-104)86-44-40-72-102(80-86)118(96-63-31-10-32-64-96,97-65-33-11-34-66-97)98-67-35-12-36-68-98/h1-80H. The van der Waals surface area contributed by atoms with Crippen molar-refractivity contribution in [3.63, 3.8) is 0 Å². The molecule has 0 fully saturated rings. The maximum Gasteiger partial charge on any atom is 0.179 e. The van der Waals surface area contributed by atoms with Crippen LogP contribution in [0, 0.1) is 0 Å². The average molecular weight is 1570 g/mol. The van der Waals surface area contributed by atoms with Gasteiger partial charge in [0.15, 0.2) is 67.2 Å². The summed E-state index contributed by atoms with van der Waals surface area (Å²) in [5, 5.41) is 20.1. The van der Waals surface area contributed by atoms with Crippen LogP contribution in [0.25, 0.3) is 68.3 Å². The Morgan fingerprint density at radius 1 is 0.102 bits per heavy atom. The molecule has 6 nitrogen and oxygen atoms in total. The fourth-order valence-electron chi connectivity index (χ4n) is 18.1. The van der Waals surface area contributed by atoms with Gasteiger partial charge in [-0.3, -0.25) is 0 Å². The Bertz CT molecular complexity index is 5470. The Balaban J connectivity index is 0.809. The Hall–Kier alpha value is -14.4. The van der Waals surface area contributed by atoms with Gasteiger partial charge in [-0.1, -0.05) is 485 Å². The highest BCUT2D eigenvalue weighted by molar-refractivity contribution is 7.22. The molecule has 118 heavy (non-hydrogen) atoms. The molecule has 17 aromatic carbocycles. The van der Waals surface area contributed by atoms with Crippen molar-refractivity contribution in [2.45, 2.75) is 0 Å². The summed E-state index contributed by atoms with van der Waals surface area (Å²) in [7, 11) is -12.1. The summed E-state index contributed by atoms with van der Waals surface area (Å²) < 4.78 is 0. The highest BCUT2D eigenvalue weighted by Crippen LogP contribution is 2.31. The quantitative estimate of drug-likeness (QED) is 0.0497. The van der Waals surface area contributed by atoms with E-state index in [1.807, 2.05) is 0 Å². The number of benzene rings is 17. The van der Waals surface area contributed by atoms with Gasteiger partial charge >= 0.3 is 0 Å². The van der Waals surface area contributed by atoms with Crippen molar-refractivity contribution >= 4 is 115 Å².